The number of nitrogens with zero attached hydrogens (tertiary/aromatic N) is 1. The average Bonchev–Trinajstić information content (AvgIpc) is 2.97. The molecule has 1 N–H and O–H groups in total. The smallest absolute Gasteiger partial charge is 0.430 e. The van der Waals surface area contributed by atoms with Gasteiger partial charge in [-0.05, 0) is 23.3 Å². The van der Waals surface area contributed by atoms with E-state index in [0.717, 1.165) is 48.1 Å². The van der Waals surface area contributed by atoms with Crippen LogP contribution < -0.4 is 10.4 Å². The van der Waals surface area contributed by atoms with Crippen molar-refractivity contribution in [3.05, 3.63) is 102 Å². The third-order valence-electron chi connectivity index (χ3n) is 7.71. The van der Waals surface area contributed by atoms with Crippen LogP contribution in [0.15, 0.2) is 91.0 Å². The number of piperidine rings is 3. The second kappa shape index (κ2) is 13.0. The first kappa shape index (κ1) is 29.1. The molecular weight excluding hydrogens is 521 g/mol. The molecule has 0 aliphatic carbocycles. The third kappa shape index (κ3) is 7.85. The molecule has 2 atom stereocenters. The lowest BCUT2D eigenvalue weighted by atomic mass is 9.83. The van der Waals surface area contributed by atoms with Gasteiger partial charge in [0.25, 0.3) is 0 Å². The number of hydrogen-bond acceptors (Lipinski definition) is 5. The molecule has 0 aromatic heterocycles. The predicted octanol–water partition coefficient (Wildman–Crippen LogP) is 4.53. The molecule has 3 aliphatic rings. The van der Waals surface area contributed by atoms with Gasteiger partial charge in [-0.2, -0.15) is 13.2 Å². The fourth-order valence-corrected chi connectivity index (χ4v) is 5.52. The van der Waals surface area contributed by atoms with Crippen LogP contribution in [0.4, 0.5) is 18.9 Å². The maximum atomic E-state index is 13.5. The monoisotopic (exact) mass is 554 g/mol. The van der Waals surface area contributed by atoms with Crippen LogP contribution in [0.5, 0.6) is 0 Å². The number of quaternary nitrogens is 1. The molecule has 0 spiro atoms. The number of carbonyl (C=O) groups is 2. The summed E-state index contributed by atoms with van der Waals surface area (Å²) in [5, 5.41) is 12.2. The Morgan fingerprint density at radius 3 is 1.98 bits per heavy atom. The van der Waals surface area contributed by atoms with Gasteiger partial charge in [-0.15, -0.1) is 0 Å². The number of aliphatic carboxylic acids is 1. The van der Waals surface area contributed by atoms with Gasteiger partial charge in [0.05, 0.1) is 19.6 Å². The fraction of sp³-hybridized carbons (Fsp3) is 0.355. The van der Waals surface area contributed by atoms with E-state index < -0.39 is 18.2 Å². The van der Waals surface area contributed by atoms with Crippen molar-refractivity contribution in [3.63, 3.8) is 0 Å². The molecule has 3 aromatic rings. The lowest BCUT2D eigenvalue weighted by Gasteiger charge is -2.52. The SMILES string of the molecule is O=C(OC1C[N+]2(CCc3ccccc3)CCC1CC2)C(Nc1ccccc1)c1ccccc1.O=C([O-])C(F)(F)F. The molecule has 6 nitrogen and oxygen atoms in total. The molecule has 212 valence electrons. The number of carbonyl (C=O) groups excluding carboxylic acids is 2. The first-order chi connectivity index (χ1) is 19.2. The largest absolute Gasteiger partial charge is 0.542 e. The van der Waals surface area contributed by atoms with Crippen LogP contribution >= 0.6 is 0 Å². The van der Waals surface area contributed by atoms with Gasteiger partial charge in [0.15, 0.2) is 12.1 Å². The van der Waals surface area contributed by atoms with Crippen LogP contribution in [-0.2, 0) is 20.7 Å². The minimum absolute atomic E-state index is 0.000408. The quantitative estimate of drug-likeness (QED) is 0.327. The van der Waals surface area contributed by atoms with Crippen LogP contribution in [0.25, 0.3) is 0 Å². The van der Waals surface area contributed by atoms with Gasteiger partial charge >= 0.3 is 12.1 Å². The first-order valence-electron chi connectivity index (χ1n) is 13.4. The summed E-state index contributed by atoms with van der Waals surface area (Å²) in [7, 11) is 0. The standard InChI is InChI=1S/C29H33N2O2.C2HF3O2/c32-29(28(25-12-6-2-7-13-25)30-26-14-8-3-9-15-26)33-27-22-31(20-17-24(27)18-21-31)19-16-23-10-4-1-5-11-23;3-2(4,5)1(6)7/h1-15,24,27-28,30H,16-22H2;(H,6,7)/q+1;/p-1. The molecule has 3 aromatic carbocycles. The Labute approximate surface area is 232 Å². The highest BCUT2D eigenvalue weighted by molar-refractivity contribution is 5.81. The second-order valence-corrected chi connectivity index (χ2v) is 10.4. The summed E-state index contributed by atoms with van der Waals surface area (Å²) in [6.07, 6.45) is -1.82. The molecule has 3 aliphatic heterocycles. The van der Waals surface area contributed by atoms with E-state index in [1.165, 1.54) is 18.7 Å². The van der Waals surface area contributed by atoms with Gasteiger partial charge < -0.3 is 24.4 Å². The summed E-state index contributed by atoms with van der Waals surface area (Å²) in [6.45, 7) is 4.47. The number of hydrogen-bond donors (Lipinski definition) is 1. The van der Waals surface area contributed by atoms with E-state index in [2.05, 4.69) is 35.6 Å². The maximum Gasteiger partial charge on any atom is 0.430 e. The summed E-state index contributed by atoms with van der Waals surface area (Å²) in [4.78, 5) is 22.3. The second-order valence-electron chi connectivity index (χ2n) is 10.4. The van der Waals surface area contributed by atoms with E-state index in [0.29, 0.717) is 5.92 Å². The lowest BCUT2D eigenvalue weighted by Crippen LogP contribution is -2.65. The van der Waals surface area contributed by atoms with E-state index in [1.54, 1.807) is 0 Å². The van der Waals surface area contributed by atoms with Gasteiger partial charge in [-0.25, -0.2) is 4.79 Å². The highest BCUT2D eigenvalue weighted by atomic mass is 19.4. The zero-order valence-corrected chi connectivity index (χ0v) is 22.1. The minimum atomic E-state index is -5.19. The molecule has 6 rings (SSSR count). The number of esters is 1. The Morgan fingerprint density at radius 2 is 1.43 bits per heavy atom. The summed E-state index contributed by atoms with van der Waals surface area (Å²) in [6, 6.07) is 30.0. The third-order valence-corrected chi connectivity index (χ3v) is 7.71. The molecule has 40 heavy (non-hydrogen) atoms. The predicted molar refractivity (Wildman–Crippen MR) is 143 cm³/mol. The zero-order valence-electron chi connectivity index (χ0n) is 22.1. The number of carboxylic acids is 1. The highest BCUT2D eigenvalue weighted by Crippen LogP contribution is 2.36. The summed E-state index contributed by atoms with van der Waals surface area (Å²) in [5.41, 5.74) is 3.24. The zero-order chi connectivity index (χ0) is 28.6. The molecule has 3 saturated heterocycles. The molecule has 3 fully saturated rings. The molecule has 2 unspecified atom stereocenters. The Hall–Kier alpha value is -3.85. The van der Waals surface area contributed by atoms with Gasteiger partial charge in [-0.1, -0.05) is 78.9 Å². The van der Waals surface area contributed by atoms with Crippen molar-refractivity contribution in [1.82, 2.24) is 0 Å². The van der Waals surface area contributed by atoms with E-state index in [9.17, 15) is 18.0 Å². The number of ether oxygens (including phenoxy) is 1. The summed E-state index contributed by atoms with van der Waals surface area (Å²) < 4.78 is 38.9. The van der Waals surface area contributed by atoms with Crippen LogP contribution in [0, 0.1) is 5.92 Å². The normalized spacial score (nSPS) is 22.4. The van der Waals surface area contributed by atoms with E-state index in [-0.39, 0.29) is 12.1 Å². The summed E-state index contributed by atoms with van der Waals surface area (Å²) >= 11 is 0. The van der Waals surface area contributed by atoms with Gasteiger partial charge in [0.2, 0.25) is 0 Å². The fourth-order valence-electron chi connectivity index (χ4n) is 5.52. The number of carboxylic acid groups (broad SMARTS) is 1. The van der Waals surface area contributed by atoms with Crippen molar-refractivity contribution < 1.29 is 37.1 Å². The first-order valence-corrected chi connectivity index (χ1v) is 13.4. The van der Waals surface area contributed by atoms with Crippen LogP contribution in [0.2, 0.25) is 0 Å². The van der Waals surface area contributed by atoms with Gasteiger partial charge in [0.1, 0.15) is 12.5 Å². The van der Waals surface area contributed by atoms with Gasteiger partial charge in [0, 0.05) is 30.9 Å². The van der Waals surface area contributed by atoms with Crippen molar-refractivity contribution >= 4 is 17.6 Å². The number of nitrogens with one attached hydrogen (secondary N) is 1. The molecule has 0 saturated carbocycles. The Bertz CT molecular complexity index is 1230. The Balaban J connectivity index is 0.000000470. The summed E-state index contributed by atoms with van der Waals surface area (Å²) in [5.74, 6) is -2.70. The topological polar surface area (TPSA) is 78.5 Å². The molecule has 3 heterocycles. The van der Waals surface area contributed by atoms with Crippen molar-refractivity contribution in [2.45, 2.75) is 37.6 Å². The molecule has 0 radical (unpaired) electrons. The Morgan fingerprint density at radius 1 is 0.900 bits per heavy atom. The van der Waals surface area contributed by atoms with Crippen molar-refractivity contribution in [2.24, 2.45) is 5.92 Å². The molecule has 0 amide bonds. The number of alkyl halides is 3. The average molecular weight is 555 g/mol. The number of fused-ring (bicyclic) bond motifs is 3. The Kier molecular flexibility index (Phi) is 9.47. The molecule has 2 bridgehead atoms. The minimum Gasteiger partial charge on any atom is -0.542 e. The number of para-hydroxylation sites is 1. The lowest BCUT2D eigenvalue weighted by molar-refractivity contribution is -0.946. The van der Waals surface area contributed by atoms with E-state index >= 15 is 0 Å². The molecular formula is C31H33F3N2O4. The van der Waals surface area contributed by atoms with Crippen LogP contribution in [-0.4, -0.2) is 54.9 Å². The van der Waals surface area contributed by atoms with Crippen LogP contribution in [0.3, 0.4) is 0 Å². The van der Waals surface area contributed by atoms with Crippen molar-refractivity contribution in [2.75, 3.05) is 31.5 Å². The highest BCUT2D eigenvalue weighted by Gasteiger charge is 2.47. The van der Waals surface area contributed by atoms with Gasteiger partial charge in [-0.3, -0.25) is 0 Å². The number of halogens is 3. The van der Waals surface area contributed by atoms with Crippen molar-refractivity contribution in [1.29, 1.82) is 0 Å². The number of benzene rings is 3. The number of anilines is 1. The maximum absolute atomic E-state index is 13.5. The van der Waals surface area contributed by atoms with Crippen molar-refractivity contribution in [3.8, 4) is 0 Å². The van der Waals surface area contributed by atoms with E-state index in [4.69, 9.17) is 14.6 Å². The number of rotatable bonds is 8. The molecule has 9 heteroatoms. The van der Waals surface area contributed by atoms with Crippen LogP contribution in [0.1, 0.15) is 30.0 Å². The van der Waals surface area contributed by atoms with E-state index in [1.807, 2.05) is 60.7 Å².